The van der Waals surface area contributed by atoms with Crippen molar-refractivity contribution >= 4 is 17.5 Å². The monoisotopic (exact) mass is 423 g/mol. The lowest BCUT2D eigenvalue weighted by Gasteiger charge is -2.42. The van der Waals surface area contributed by atoms with Crippen molar-refractivity contribution in [2.75, 3.05) is 7.05 Å². The third kappa shape index (κ3) is 5.72. The molecule has 0 spiro atoms. The molecule has 0 radical (unpaired) electrons. The Balaban J connectivity index is 3.48. The Morgan fingerprint density at radius 1 is 1.03 bits per heavy atom. The third-order valence-electron chi connectivity index (χ3n) is 7.90. The second-order valence-corrected chi connectivity index (χ2v) is 10.3. The second kappa shape index (κ2) is 10.4. The average molecular weight is 424 g/mol. The van der Waals surface area contributed by atoms with Gasteiger partial charge in [0, 0.05) is 18.7 Å². The average Bonchev–Trinajstić information content (AvgIpc) is 2.69. The minimum absolute atomic E-state index is 0.0321. The molecule has 5 nitrogen and oxygen atoms in total. The van der Waals surface area contributed by atoms with Crippen LogP contribution < -0.4 is 0 Å². The molecule has 0 bridgehead atoms. The van der Waals surface area contributed by atoms with Gasteiger partial charge in [-0.1, -0.05) is 54.9 Å². The molecule has 0 amide bonds. The lowest BCUT2D eigenvalue weighted by Crippen LogP contribution is -2.51. The number of aliphatic imine (C=N–C) groups is 1. The largest absolute Gasteiger partial charge is 0.459 e. The number of Topliss-reactive ketones (excluding diaryl/α,β-unsaturated/α-hetero) is 1. The van der Waals surface area contributed by atoms with E-state index in [9.17, 15) is 14.7 Å². The number of hydrogen-bond acceptors (Lipinski definition) is 5. The summed E-state index contributed by atoms with van der Waals surface area (Å²) in [7, 11) is 1.82. The van der Waals surface area contributed by atoms with E-state index < -0.39 is 23.6 Å². The van der Waals surface area contributed by atoms with Gasteiger partial charge in [0.05, 0.1) is 0 Å². The Bertz CT molecular complexity index is 641. The zero-order chi connectivity index (χ0) is 23.4. The Labute approximate surface area is 184 Å². The van der Waals surface area contributed by atoms with E-state index in [2.05, 4.69) is 32.7 Å². The van der Waals surface area contributed by atoms with E-state index in [0.29, 0.717) is 6.42 Å². The molecule has 30 heavy (non-hydrogen) atoms. The Hall–Kier alpha value is -1.23. The van der Waals surface area contributed by atoms with Crippen LogP contribution in [-0.4, -0.2) is 41.3 Å². The summed E-state index contributed by atoms with van der Waals surface area (Å²) in [4.78, 5) is 30.5. The smallest absolute Gasteiger partial charge is 0.316 e. The van der Waals surface area contributed by atoms with E-state index in [0.717, 1.165) is 25.0 Å². The van der Waals surface area contributed by atoms with Gasteiger partial charge < -0.3 is 9.84 Å². The molecular formula is C25H45NO4. The summed E-state index contributed by atoms with van der Waals surface area (Å²) in [6, 6.07) is 0. The van der Waals surface area contributed by atoms with Crippen molar-refractivity contribution in [1.82, 2.24) is 0 Å². The fourth-order valence-corrected chi connectivity index (χ4v) is 5.38. The first-order chi connectivity index (χ1) is 13.8. The van der Waals surface area contributed by atoms with E-state index in [1.54, 1.807) is 13.8 Å². The summed E-state index contributed by atoms with van der Waals surface area (Å²) in [5.41, 5.74) is -0.185. The van der Waals surface area contributed by atoms with E-state index in [4.69, 9.17) is 4.74 Å². The number of carbonyl (C=O) groups excluding carboxylic acids is 2. The summed E-state index contributed by atoms with van der Waals surface area (Å²) in [6.45, 7) is 17.9. The zero-order valence-corrected chi connectivity index (χ0v) is 20.9. The molecule has 1 N–H and O–H groups in total. The maximum absolute atomic E-state index is 13.0. The normalized spacial score (nSPS) is 43.9. The Kier molecular flexibility index (Phi) is 9.28. The van der Waals surface area contributed by atoms with Crippen molar-refractivity contribution in [1.29, 1.82) is 0 Å². The van der Waals surface area contributed by atoms with Gasteiger partial charge in [-0.05, 0) is 56.3 Å². The van der Waals surface area contributed by atoms with Gasteiger partial charge >= 0.3 is 5.97 Å². The van der Waals surface area contributed by atoms with E-state index in [1.165, 1.54) is 0 Å². The van der Waals surface area contributed by atoms with Crippen molar-refractivity contribution in [2.45, 2.75) is 99.7 Å². The molecule has 0 aromatic carbocycles. The van der Waals surface area contributed by atoms with Crippen LogP contribution in [0.15, 0.2) is 4.99 Å². The highest BCUT2D eigenvalue weighted by Gasteiger charge is 2.45. The first-order valence-electron chi connectivity index (χ1n) is 11.7. The molecule has 0 aromatic rings. The summed E-state index contributed by atoms with van der Waals surface area (Å²) < 4.78 is 5.73. The summed E-state index contributed by atoms with van der Waals surface area (Å²) >= 11 is 0. The van der Waals surface area contributed by atoms with E-state index in [1.807, 2.05) is 27.8 Å². The first kappa shape index (κ1) is 26.8. The highest BCUT2D eigenvalue weighted by Crippen LogP contribution is 2.41. The number of rotatable bonds is 2. The first-order valence-corrected chi connectivity index (χ1v) is 11.7. The number of ketones is 1. The lowest BCUT2D eigenvalue weighted by molar-refractivity contribution is -0.177. The minimum Gasteiger partial charge on any atom is -0.459 e. The van der Waals surface area contributed by atoms with Gasteiger partial charge in [-0.25, -0.2) is 0 Å². The van der Waals surface area contributed by atoms with Crippen LogP contribution in [0.5, 0.6) is 0 Å². The molecule has 5 heteroatoms. The number of esters is 1. The van der Waals surface area contributed by atoms with Crippen molar-refractivity contribution in [3.8, 4) is 0 Å². The topological polar surface area (TPSA) is 76.0 Å². The van der Waals surface area contributed by atoms with Crippen LogP contribution in [0.4, 0.5) is 0 Å². The zero-order valence-electron chi connectivity index (χ0n) is 20.9. The number of hydrogen-bond donors (Lipinski definition) is 1. The quantitative estimate of drug-likeness (QED) is 0.496. The number of cyclic esters (lactones) is 1. The summed E-state index contributed by atoms with van der Waals surface area (Å²) in [5, 5.41) is 11.4. The van der Waals surface area contributed by atoms with Crippen LogP contribution in [0.2, 0.25) is 0 Å². The van der Waals surface area contributed by atoms with Gasteiger partial charge in [-0.3, -0.25) is 14.6 Å². The predicted octanol–water partition coefficient (Wildman–Crippen LogP) is 5.09. The molecule has 8 atom stereocenters. The molecule has 1 heterocycles. The van der Waals surface area contributed by atoms with Gasteiger partial charge in [0.1, 0.15) is 23.4 Å². The lowest BCUT2D eigenvalue weighted by atomic mass is 9.68. The highest BCUT2D eigenvalue weighted by molar-refractivity contribution is 5.99. The van der Waals surface area contributed by atoms with Crippen molar-refractivity contribution in [3.05, 3.63) is 0 Å². The van der Waals surface area contributed by atoms with Crippen molar-refractivity contribution in [3.63, 3.8) is 0 Å². The second-order valence-electron chi connectivity index (χ2n) is 10.3. The van der Waals surface area contributed by atoms with Gasteiger partial charge in [-0.2, -0.15) is 0 Å². The van der Waals surface area contributed by atoms with Gasteiger partial charge in [0.2, 0.25) is 0 Å². The molecule has 1 fully saturated rings. The fraction of sp³-hybridized carbons (Fsp3) is 0.880. The Morgan fingerprint density at radius 2 is 1.57 bits per heavy atom. The fourth-order valence-electron chi connectivity index (χ4n) is 5.38. The standard InChI is InChI=1S/C25H45NO4/c1-11-20-25(9,29)19(7)17(5)21(26-10)15(3)13-24(8,12-2)14-16(4)22(27)18(6)23(28)30-20/h15-20,29H,11-14H2,1-10H3/t15-,16-,17?,18?,19?,20-,24-,25+/m1/s1. The maximum Gasteiger partial charge on any atom is 0.316 e. The number of nitrogens with zero attached hydrogens (tertiary/aromatic N) is 1. The summed E-state index contributed by atoms with van der Waals surface area (Å²) in [5.74, 6) is -1.57. The highest BCUT2D eigenvalue weighted by atomic mass is 16.6. The number of aliphatic hydroxyl groups is 1. The van der Waals surface area contributed by atoms with E-state index in [-0.39, 0.29) is 34.9 Å². The summed E-state index contributed by atoms with van der Waals surface area (Å²) in [6.07, 6.45) is 2.41. The minimum atomic E-state index is -1.23. The van der Waals surface area contributed by atoms with Crippen LogP contribution in [0.1, 0.15) is 88.0 Å². The van der Waals surface area contributed by atoms with Gasteiger partial charge in [-0.15, -0.1) is 0 Å². The molecular weight excluding hydrogens is 378 g/mol. The Morgan fingerprint density at radius 3 is 2.03 bits per heavy atom. The number of carbonyl (C=O) groups is 2. The van der Waals surface area contributed by atoms with Crippen LogP contribution in [0.25, 0.3) is 0 Å². The van der Waals surface area contributed by atoms with Crippen LogP contribution in [0, 0.1) is 35.0 Å². The molecule has 3 unspecified atom stereocenters. The van der Waals surface area contributed by atoms with Crippen molar-refractivity contribution < 1.29 is 19.4 Å². The number of ether oxygens (including phenoxy) is 1. The molecule has 1 aliphatic heterocycles. The molecule has 0 aromatic heterocycles. The maximum atomic E-state index is 13.0. The van der Waals surface area contributed by atoms with Crippen LogP contribution in [0.3, 0.4) is 0 Å². The van der Waals surface area contributed by atoms with Crippen molar-refractivity contribution in [2.24, 2.45) is 40.0 Å². The van der Waals surface area contributed by atoms with Crippen LogP contribution >= 0.6 is 0 Å². The molecule has 1 aliphatic rings. The SMILES string of the molecule is CC[C@H]1OC(=O)C(C)C(=O)[C@H](C)C[C@](C)(CC)C[C@@H](C)C(=NC)C(C)C(C)[C@]1(C)O. The van der Waals surface area contributed by atoms with Crippen LogP contribution in [-0.2, 0) is 14.3 Å². The third-order valence-corrected chi connectivity index (χ3v) is 7.90. The predicted molar refractivity (Wildman–Crippen MR) is 123 cm³/mol. The molecule has 0 saturated carbocycles. The van der Waals surface area contributed by atoms with E-state index >= 15 is 0 Å². The molecule has 1 rings (SSSR count). The van der Waals surface area contributed by atoms with Gasteiger partial charge in [0.15, 0.2) is 0 Å². The van der Waals surface area contributed by atoms with Gasteiger partial charge in [0.25, 0.3) is 0 Å². The molecule has 1 saturated heterocycles. The molecule has 174 valence electrons. The molecule has 0 aliphatic carbocycles.